The first-order chi connectivity index (χ1) is 24.2. The number of piperazine rings is 1. The first-order valence-electron chi connectivity index (χ1n) is 16.4. The topological polar surface area (TPSA) is 122 Å². The zero-order valence-electron chi connectivity index (χ0n) is 26.6. The summed E-state index contributed by atoms with van der Waals surface area (Å²) in [5.74, 6) is -2.72. The smallest absolute Gasteiger partial charge is 0.319 e. The minimum Gasteiger partial charge on any atom is -0.462 e. The predicted molar refractivity (Wildman–Crippen MR) is 188 cm³/mol. The summed E-state index contributed by atoms with van der Waals surface area (Å²) in [6.45, 7) is 1.22. The number of nitrogens with two attached hydrogens (primary N) is 1. The molecule has 1 aliphatic carbocycles. The molecule has 2 bridgehead atoms. The fourth-order valence-corrected chi connectivity index (χ4v) is 9.50. The minimum atomic E-state index is -2.93. The van der Waals surface area contributed by atoms with Crippen LogP contribution < -0.4 is 20.7 Å². The highest BCUT2D eigenvalue weighted by molar-refractivity contribution is 7.26. The van der Waals surface area contributed by atoms with Crippen molar-refractivity contribution in [2.75, 3.05) is 36.9 Å². The molecule has 2 unspecified atom stereocenters. The number of benzene rings is 2. The molecule has 3 N–H and O–H groups in total. The van der Waals surface area contributed by atoms with Crippen LogP contribution in [0.25, 0.3) is 41.6 Å². The van der Waals surface area contributed by atoms with Crippen molar-refractivity contribution < 1.29 is 22.6 Å². The molecule has 3 fully saturated rings. The molecule has 0 spiro atoms. The summed E-state index contributed by atoms with van der Waals surface area (Å²) in [6, 6.07) is 17.1. The summed E-state index contributed by atoms with van der Waals surface area (Å²) in [5.41, 5.74) is 6.94. The number of pyridine rings is 1. The number of hydrogen-bond acceptors (Lipinski definition) is 11. The standard InChI is InChI=1S/C36H30F3N7O2S2/c37-25-9-8-22(26-24(12-40)31(41)49-30(25)26)28-29-23(10-11-42-28)27-32(46-13-20-6-7-21(14-46)43-20)44-34(45-33(27)50-29)48-18-35(16-36(35,38)39)17-47-15-19-4-2-1-3-5-19/h1-5,8-11,20-21,43H,6-7,13-18,41H2/t20?,21?,35-/m1/s1. The van der Waals surface area contributed by atoms with Crippen molar-refractivity contribution in [3.05, 3.63) is 71.7 Å². The zero-order chi connectivity index (χ0) is 34.2. The van der Waals surface area contributed by atoms with Gasteiger partial charge in [-0.3, -0.25) is 4.98 Å². The van der Waals surface area contributed by atoms with E-state index in [9.17, 15) is 18.4 Å². The van der Waals surface area contributed by atoms with E-state index in [2.05, 4.69) is 16.3 Å². The molecule has 254 valence electrons. The van der Waals surface area contributed by atoms with Gasteiger partial charge in [-0.2, -0.15) is 15.2 Å². The number of nitrogens with zero attached hydrogens (tertiary/aromatic N) is 5. The second-order valence-electron chi connectivity index (χ2n) is 13.4. The molecule has 2 aliphatic heterocycles. The van der Waals surface area contributed by atoms with Crippen LogP contribution in [0.3, 0.4) is 0 Å². The third-order valence-corrected chi connectivity index (χ3v) is 12.2. The Labute approximate surface area is 292 Å². The summed E-state index contributed by atoms with van der Waals surface area (Å²) >= 11 is 2.41. The molecule has 3 atom stereocenters. The average Bonchev–Trinajstić information content (AvgIpc) is 3.46. The van der Waals surface area contributed by atoms with Crippen molar-refractivity contribution in [1.82, 2.24) is 20.3 Å². The van der Waals surface area contributed by atoms with Crippen LogP contribution in [0.5, 0.6) is 6.01 Å². The summed E-state index contributed by atoms with van der Waals surface area (Å²) in [4.78, 5) is 17.2. The van der Waals surface area contributed by atoms with Crippen molar-refractivity contribution in [1.29, 1.82) is 5.26 Å². The third-order valence-electron chi connectivity index (χ3n) is 10.1. The Bertz CT molecular complexity index is 2330. The fraction of sp³-hybridized carbons (Fsp3) is 0.333. The highest BCUT2D eigenvalue weighted by atomic mass is 32.1. The molecule has 0 radical (unpaired) electrons. The molecule has 2 aromatic carbocycles. The van der Waals surface area contributed by atoms with Crippen LogP contribution in [0.4, 0.5) is 24.0 Å². The molecule has 2 saturated heterocycles. The van der Waals surface area contributed by atoms with Gasteiger partial charge in [0.1, 0.15) is 34.1 Å². The summed E-state index contributed by atoms with van der Waals surface area (Å²) < 4.78 is 57.6. The van der Waals surface area contributed by atoms with E-state index in [1.165, 1.54) is 17.4 Å². The Hall–Kier alpha value is -4.55. The SMILES string of the molecule is N#Cc1c(N)sc2c(F)ccc(-c3nccc4c3sc3nc(OC[C@]5(COCc6ccccc6)CC5(F)F)nc(N5CC6CCC(C5)N6)c34)c12. The van der Waals surface area contributed by atoms with E-state index < -0.39 is 17.2 Å². The quantitative estimate of drug-likeness (QED) is 0.159. The normalized spacial score (nSPS) is 22.4. The van der Waals surface area contributed by atoms with Gasteiger partial charge in [0.15, 0.2) is 0 Å². The van der Waals surface area contributed by atoms with Gasteiger partial charge in [0, 0.05) is 54.1 Å². The zero-order valence-corrected chi connectivity index (χ0v) is 28.2. The molecule has 1 saturated carbocycles. The average molecular weight is 714 g/mol. The van der Waals surface area contributed by atoms with E-state index in [0.29, 0.717) is 44.1 Å². The number of halogens is 3. The number of nitriles is 1. The molecule has 4 aromatic heterocycles. The maximum atomic E-state index is 14.9. The van der Waals surface area contributed by atoms with E-state index in [4.69, 9.17) is 30.2 Å². The number of alkyl halides is 2. The van der Waals surface area contributed by atoms with Crippen LogP contribution >= 0.6 is 22.7 Å². The fourth-order valence-electron chi connectivity index (χ4n) is 7.39. The van der Waals surface area contributed by atoms with Crippen LogP contribution in [0, 0.1) is 22.6 Å². The molecule has 14 heteroatoms. The van der Waals surface area contributed by atoms with Crippen molar-refractivity contribution in [3.8, 4) is 23.3 Å². The number of hydrogen-bond donors (Lipinski definition) is 2. The molecular weight excluding hydrogens is 684 g/mol. The molecule has 9 rings (SSSR count). The lowest BCUT2D eigenvalue weighted by Gasteiger charge is -2.34. The largest absolute Gasteiger partial charge is 0.462 e. The Balaban J connectivity index is 1.12. The molecule has 3 aliphatic rings. The molecule has 9 nitrogen and oxygen atoms in total. The van der Waals surface area contributed by atoms with Crippen LogP contribution in [0.1, 0.15) is 30.4 Å². The number of nitrogens with one attached hydrogen (secondary N) is 1. The number of anilines is 2. The van der Waals surface area contributed by atoms with Crippen LogP contribution in [0.15, 0.2) is 54.7 Å². The first-order valence-corrected chi connectivity index (χ1v) is 18.0. The number of aromatic nitrogens is 3. The monoisotopic (exact) mass is 713 g/mol. The van der Waals surface area contributed by atoms with Gasteiger partial charge in [0.25, 0.3) is 5.92 Å². The Kier molecular flexibility index (Phi) is 7.40. The minimum absolute atomic E-state index is 0.0196. The van der Waals surface area contributed by atoms with Crippen LogP contribution in [-0.2, 0) is 11.3 Å². The van der Waals surface area contributed by atoms with Crippen molar-refractivity contribution in [2.24, 2.45) is 5.41 Å². The van der Waals surface area contributed by atoms with Gasteiger partial charge in [-0.05, 0) is 36.6 Å². The third kappa shape index (κ3) is 5.14. The second kappa shape index (κ2) is 11.8. The molecular formula is C36H30F3N7O2S2. The van der Waals surface area contributed by atoms with E-state index >= 15 is 0 Å². The van der Waals surface area contributed by atoms with Crippen LogP contribution in [0.2, 0.25) is 0 Å². The number of nitrogen functional groups attached to an aromatic ring is 1. The Morgan fingerprint density at radius 3 is 2.52 bits per heavy atom. The number of fused-ring (bicyclic) bond motifs is 6. The van der Waals surface area contributed by atoms with Gasteiger partial charge in [-0.1, -0.05) is 30.3 Å². The second-order valence-corrected chi connectivity index (χ2v) is 15.4. The van der Waals surface area contributed by atoms with Gasteiger partial charge in [0.05, 0.1) is 44.7 Å². The Morgan fingerprint density at radius 1 is 1.00 bits per heavy atom. The van der Waals surface area contributed by atoms with Crippen molar-refractivity contribution in [3.63, 3.8) is 0 Å². The molecule has 6 aromatic rings. The van der Waals surface area contributed by atoms with Gasteiger partial charge < -0.3 is 25.4 Å². The van der Waals surface area contributed by atoms with Gasteiger partial charge in [0.2, 0.25) is 0 Å². The van der Waals surface area contributed by atoms with Gasteiger partial charge in [-0.25, -0.2) is 13.2 Å². The predicted octanol–water partition coefficient (Wildman–Crippen LogP) is 7.28. The molecule has 50 heavy (non-hydrogen) atoms. The van der Waals surface area contributed by atoms with Gasteiger partial charge >= 0.3 is 6.01 Å². The maximum Gasteiger partial charge on any atom is 0.319 e. The summed E-state index contributed by atoms with van der Waals surface area (Å²) in [7, 11) is 0. The lowest BCUT2D eigenvalue weighted by Crippen LogP contribution is -2.51. The van der Waals surface area contributed by atoms with Crippen LogP contribution in [-0.4, -0.2) is 59.3 Å². The lowest BCUT2D eigenvalue weighted by atomic mass is 10.0. The maximum absolute atomic E-state index is 14.9. The van der Waals surface area contributed by atoms with E-state index in [-0.39, 0.29) is 42.8 Å². The van der Waals surface area contributed by atoms with Gasteiger partial charge in [-0.15, -0.1) is 22.7 Å². The van der Waals surface area contributed by atoms with E-state index in [1.807, 2.05) is 36.4 Å². The highest BCUT2D eigenvalue weighted by Crippen LogP contribution is 2.60. The summed E-state index contributed by atoms with van der Waals surface area (Å²) in [6.07, 6.45) is 3.46. The lowest BCUT2D eigenvalue weighted by molar-refractivity contribution is -0.0172. The van der Waals surface area contributed by atoms with Crippen molar-refractivity contribution in [2.45, 2.75) is 43.9 Å². The first kappa shape index (κ1) is 31.4. The highest BCUT2D eigenvalue weighted by Gasteiger charge is 2.72. The summed E-state index contributed by atoms with van der Waals surface area (Å²) in [5, 5.41) is 15.9. The molecule has 0 amide bonds. The van der Waals surface area contributed by atoms with Crippen molar-refractivity contribution >= 4 is 63.9 Å². The molecule has 6 heterocycles. The Morgan fingerprint density at radius 2 is 1.78 bits per heavy atom. The number of thiophene rings is 2. The number of ether oxygens (including phenoxy) is 2. The van der Waals surface area contributed by atoms with E-state index in [1.54, 1.807) is 12.3 Å². The van der Waals surface area contributed by atoms with E-state index in [0.717, 1.165) is 58.3 Å². The number of rotatable bonds is 9.